The Morgan fingerprint density at radius 3 is 2.31 bits per heavy atom. The molecule has 0 spiro atoms. The number of ether oxygens (including phenoxy) is 3. The Morgan fingerprint density at radius 1 is 1.00 bits per heavy atom. The van der Waals surface area contributed by atoms with Crippen molar-refractivity contribution < 1.29 is 19.0 Å². The highest BCUT2D eigenvalue weighted by Gasteiger charge is 2.15. The first kappa shape index (κ1) is 17.6. The Hall–Kier alpha value is -3.21. The van der Waals surface area contributed by atoms with Crippen molar-refractivity contribution in [3.05, 3.63) is 59.3 Å². The molecule has 1 aromatic heterocycles. The van der Waals surface area contributed by atoms with Crippen molar-refractivity contribution >= 4 is 22.8 Å². The van der Waals surface area contributed by atoms with E-state index in [-0.39, 0.29) is 5.78 Å². The molecule has 0 fully saturated rings. The molecule has 2 aromatic carbocycles. The number of allylic oxidation sites excluding steroid dienone is 1. The van der Waals surface area contributed by atoms with Gasteiger partial charge in [-0.05, 0) is 48.4 Å². The van der Waals surface area contributed by atoms with Gasteiger partial charge >= 0.3 is 0 Å². The van der Waals surface area contributed by atoms with Crippen LogP contribution in [0.5, 0.6) is 17.2 Å². The van der Waals surface area contributed by atoms with E-state index in [0.29, 0.717) is 22.8 Å². The lowest BCUT2D eigenvalue weighted by atomic mass is 10.1. The quantitative estimate of drug-likeness (QED) is 0.528. The SMILES string of the molecule is COc1cc(C(=O)/C=C/c2c[nH]c3cc(C)ccc23)cc(OC)c1OC. The van der Waals surface area contributed by atoms with E-state index in [1.165, 1.54) is 26.9 Å². The Morgan fingerprint density at radius 2 is 1.69 bits per heavy atom. The van der Waals surface area contributed by atoms with Crippen LogP contribution in [0, 0.1) is 6.92 Å². The fourth-order valence-corrected chi connectivity index (χ4v) is 2.89. The summed E-state index contributed by atoms with van der Waals surface area (Å²) in [5, 5.41) is 1.07. The van der Waals surface area contributed by atoms with Gasteiger partial charge in [-0.2, -0.15) is 0 Å². The molecule has 1 heterocycles. The molecule has 0 amide bonds. The van der Waals surface area contributed by atoms with Crippen LogP contribution in [-0.2, 0) is 0 Å². The minimum atomic E-state index is -0.147. The van der Waals surface area contributed by atoms with Crippen molar-refractivity contribution in [3.8, 4) is 17.2 Å². The number of benzene rings is 2. The minimum absolute atomic E-state index is 0.147. The fourth-order valence-electron chi connectivity index (χ4n) is 2.89. The van der Waals surface area contributed by atoms with Gasteiger partial charge in [0, 0.05) is 22.7 Å². The number of carbonyl (C=O) groups is 1. The standard InChI is InChI=1S/C21H21NO4/c1-13-5-7-16-14(12-22-17(16)9-13)6-8-18(23)15-10-19(24-2)21(26-4)20(11-15)25-3/h5-12,22H,1-4H3/b8-6+. The molecule has 0 saturated heterocycles. The highest BCUT2D eigenvalue weighted by Crippen LogP contribution is 2.38. The summed E-state index contributed by atoms with van der Waals surface area (Å²) >= 11 is 0. The van der Waals surface area contributed by atoms with Gasteiger partial charge in [0.15, 0.2) is 17.3 Å². The third-order valence-electron chi connectivity index (χ3n) is 4.23. The zero-order valence-corrected chi connectivity index (χ0v) is 15.3. The van der Waals surface area contributed by atoms with E-state index in [4.69, 9.17) is 14.2 Å². The van der Waals surface area contributed by atoms with E-state index >= 15 is 0 Å². The number of H-pyrrole nitrogens is 1. The fraction of sp³-hybridized carbons (Fsp3) is 0.190. The molecule has 0 saturated carbocycles. The number of fused-ring (bicyclic) bond motifs is 1. The van der Waals surface area contributed by atoms with Crippen molar-refractivity contribution in [2.75, 3.05) is 21.3 Å². The average Bonchev–Trinajstić information content (AvgIpc) is 3.06. The molecule has 0 bridgehead atoms. The predicted octanol–water partition coefficient (Wildman–Crippen LogP) is 4.40. The van der Waals surface area contributed by atoms with E-state index in [1.807, 2.05) is 19.2 Å². The van der Waals surface area contributed by atoms with Crippen molar-refractivity contribution in [2.24, 2.45) is 0 Å². The molecule has 0 aliphatic heterocycles. The number of methoxy groups -OCH3 is 3. The maximum Gasteiger partial charge on any atom is 0.203 e. The number of carbonyl (C=O) groups excluding carboxylic acids is 1. The molecule has 1 N–H and O–H groups in total. The molecular formula is C21H21NO4. The first-order chi connectivity index (χ1) is 12.6. The lowest BCUT2D eigenvalue weighted by Crippen LogP contribution is -2.00. The lowest BCUT2D eigenvalue weighted by Gasteiger charge is -2.13. The second-order valence-corrected chi connectivity index (χ2v) is 5.90. The first-order valence-corrected chi connectivity index (χ1v) is 8.17. The Balaban J connectivity index is 1.93. The van der Waals surface area contributed by atoms with E-state index in [0.717, 1.165) is 16.5 Å². The maximum absolute atomic E-state index is 12.6. The Kier molecular flexibility index (Phi) is 4.98. The number of rotatable bonds is 6. The molecule has 0 aliphatic rings. The minimum Gasteiger partial charge on any atom is -0.493 e. The number of nitrogens with one attached hydrogen (secondary N) is 1. The predicted molar refractivity (Wildman–Crippen MR) is 102 cm³/mol. The zero-order chi connectivity index (χ0) is 18.7. The number of aryl methyl sites for hydroxylation is 1. The second kappa shape index (κ2) is 7.35. The highest BCUT2D eigenvalue weighted by atomic mass is 16.5. The lowest BCUT2D eigenvalue weighted by molar-refractivity contribution is 0.104. The third kappa shape index (κ3) is 3.28. The van der Waals surface area contributed by atoms with Gasteiger partial charge in [-0.15, -0.1) is 0 Å². The number of ketones is 1. The van der Waals surface area contributed by atoms with Gasteiger partial charge in [-0.25, -0.2) is 0 Å². The van der Waals surface area contributed by atoms with Crippen LogP contribution in [0.1, 0.15) is 21.5 Å². The van der Waals surface area contributed by atoms with E-state index < -0.39 is 0 Å². The Bertz CT molecular complexity index is 960. The number of aromatic amines is 1. The van der Waals surface area contributed by atoms with Gasteiger partial charge in [-0.1, -0.05) is 12.1 Å². The highest BCUT2D eigenvalue weighted by molar-refractivity contribution is 6.08. The monoisotopic (exact) mass is 351 g/mol. The molecule has 0 unspecified atom stereocenters. The van der Waals surface area contributed by atoms with Crippen LogP contribution in [0.25, 0.3) is 17.0 Å². The van der Waals surface area contributed by atoms with Crippen LogP contribution in [-0.4, -0.2) is 32.1 Å². The molecule has 0 aliphatic carbocycles. The summed E-state index contributed by atoms with van der Waals surface area (Å²) in [7, 11) is 4.57. The molecule has 26 heavy (non-hydrogen) atoms. The summed E-state index contributed by atoms with van der Waals surface area (Å²) in [5.41, 5.74) is 3.65. The summed E-state index contributed by atoms with van der Waals surface area (Å²) in [4.78, 5) is 15.8. The third-order valence-corrected chi connectivity index (χ3v) is 4.23. The summed E-state index contributed by atoms with van der Waals surface area (Å²) in [6.07, 6.45) is 5.24. The van der Waals surface area contributed by atoms with Crippen molar-refractivity contribution in [3.63, 3.8) is 0 Å². The molecule has 3 rings (SSSR count). The van der Waals surface area contributed by atoms with Gasteiger partial charge in [0.2, 0.25) is 5.75 Å². The number of hydrogen-bond donors (Lipinski definition) is 1. The normalized spacial score (nSPS) is 11.1. The van der Waals surface area contributed by atoms with E-state index in [2.05, 4.69) is 17.1 Å². The van der Waals surface area contributed by atoms with Crippen LogP contribution in [0.15, 0.2) is 42.6 Å². The van der Waals surface area contributed by atoms with Crippen molar-refractivity contribution in [2.45, 2.75) is 6.92 Å². The van der Waals surface area contributed by atoms with Gasteiger partial charge in [0.1, 0.15) is 0 Å². The molecule has 3 aromatic rings. The average molecular weight is 351 g/mol. The summed E-state index contributed by atoms with van der Waals surface area (Å²) in [6, 6.07) is 9.46. The van der Waals surface area contributed by atoms with Crippen LogP contribution < -0.4 is 14.2 Å². The van der Waals surface area contributed by atoms with Crippen LogP contribution in [0.4, 0.5) is 0 Å². The summed E-state index contributed by atoms with van der Waals surface area (Å²) < 4.78 is 15.9. The molecular weight excluding hydrogens is 330 g/mol. The van der Waals surface area contributed by atoms with E-state index in [1.54, 1.807) is 24.3 Å². The number of hydrogen-bond acceptors (Lipinski definition) is 4. The largest absolute Gasteiger partial charge is 0.493 e. The molecule has 5 nitrogen and oxygen atoms in total. The summed E-state index contributed by atoms with van der Waals surface area (Å²) in [5.74, 6) is 1.21. The van der Waals surface area contributed by atoms with Crippen molar-refractivity contribution in [1.82, 2.24) is 4.98 Å². The van der Waals surface area contributed by atoms with Gasteiger partial charge in [-0.3, -0.25) is 4.79 Å². The summed E-state index contributed by atoms with van der Waals surface area (Å²) in [6.45, 7) is 2.05. The van der Waals surface area contributed by atoms with Gasteiger partial charge in [0.25, 0.3) is 0 Å². The Labute approximate surface area is 152 Å². The number of aromatic nitrogens is 1. The maximum atomic E-state index is 12.6. The van der Waals surface area contributed by atoms with Crippen molar-refractivity contribution in [1.29, 1.82) is 0 Å². The molecule has 0 radical (unpaired) electrons. The van der Waals surface area contributed by atoms with E-state index in [9.17, 15) is 4.79 Å². The van der Waals surface area contributed by atoms with Gasteiger partial charge < -0.3 is 19.2 Å². The topological polar surface area (TPSA) is 60.6 Å². The first-order valence-electron chi connectivity index (χ1n) is 8.17. The smallest absolute Gasteiger partial charge is 0.203 e. The van der Waals surface area contributed by atoms with Gasteiger partial charge in [0.05, 0.1) is 21.3 Å². The second-order valence-electron chi connectivity index (χ2n) is 5.90. The van der Waals surface area contributed by atoms with Crippen LogP contribution in [0.2, 0.25) is 0 Å². The van der Waals surface area contributed by atoms with Crippen LogP contribution >= 0.6 is 0 Å². The molecule has 134 valence electrons. The van der Waals surface area contributed by atoms with Crippen LogP contribution in [0.3, 0.4) is 0 Å². The molecule has 5 heteroatoms. The molecule has 0 atom stereocenters. The zero-order valence-electron chi connectivity index (χ0n) is 15.3.